The van der Waals surface area contributed by atoms with Crippen LogP contribution in [0.15, 0.2) is 41.8 Å². The van der Waals surface area contributed by atoms with Gasteiger partial charge in [0.1, 0.15) is 6.04 Å². The van der Waals surface area contributed by atoms with Crippen LogP contribution in [0.3, 0.4) is 0 Å². The number of sulfone groups is 1. The number of thiophene rings is 1. The Morgan fingerprint density at radius 1 is 1.19 bits per heavy atom. The maximum absolute atomic E-state index is 12.5. The van der Waals surface area contributed by atoms with Crippen molar-refractivity contribution >= 4 is 27.1 Å². The molecule has 0 unspecified atom stereocenters. The summed E-state index contributed by atoms with van der Waals surface area (Å²) in [6, 6.07) is 11.3. The zero-order valence-electron chi connectivity index (χ0n) is 14.9. The molecule has 1 fully saturated rings. The van der Waals surface area contributed by atoms with Gasteiger partial charge in [0.15, 0.2) is 9.84 Å². The minimum absolute atomic E-state index is 0.00628. The molecule has 7 heteroatoms. The first-order valence-electron chi connectivity index (χ1n) is 8.85. The average molecular weight is 394 g/mol. The largest absolute Gasteiger partial charge is 0.346 e. The molecule has 26 heavy (non-hydrogen) atoms. The first kappa shape index (κ1) is 19.1. The molecule has 0 bridgehead atoms. The minimum Gasteiger partial charge on any atom is -0.346 e. The molecule has 1 amide bonds. The second-order valence-electron chi connectivity index (χ2n) is 6.91. The molecule has 2 N–H and O–H groups in total. The van der Waals surface area contributed by atoms with Gasteiger partial charge in [0, 0.05) is 24.7 Å². The van der Waals surface area contributed by atoms with E-state index >= 15 is 0 Å². The number of carbonyl (C=O) groups excluding carboxylic acids is 1. The number of carbonyl (C=O) groups is 1. The second-order valence-corrected chi connectivity index (χ2v) is 10.0. The average Bonchev–Trinajstić information content (AvgIpc) is 3.28. The molecule has 1 aromatic carbocycles. The van der Waals surface area contributed by atoms with E-state index in [1.54, 1.807) is 35.6 Å². The highest BCUT2D eigenvalue weighted by Crippen LogP contribution is 2.17. The summed E-state index contributed by atoms with van der Waals surface area (Å²) in [5.74, 6) is -0.121. The van der Waals surface area contributed by atoms with E-state index in [0.29, 0.717) is 23.7 Å². The molecular weight excluding hydrogens is 368 g/mol. The normalized spacial score (nSPS) is 16.5. The molecule has 3 rings (SSSR count). The lowest BCUT2D eigenvalue weighted by Gasteiger charge is -2.24. The van der Waals surface area contributed by atoms with Crippen LogP contribution in [-0.2, 0) is 15.6 Å². The molecule has 1 aliphatic rings. The number of quaternary nitrogens is 1. The molecule has 5 nitrogen and oxygen atoms in total. The van der Waals surface area contributed by atoms with Crippen molar-refractivity contribution in [2.45, 2.75) is 24.6 Å². The van der Waals surface area contributed by atoms with E-state index in [1.807, 2.05) is 0 Å². The lowest BCUT2D eigenvalue weighted by Crippen LogP contribution is -3.11. The summed E-state index contributed by atoms with van der Waals surface area (Å²) in [7, 11) is -3.07. The number of rotatable bonds is 7. The van der Waals surface area contributed by atoms with Crippen LogP contribution in [0, 0.1) is 0 Å². The summed E-state index contributed by atoms with van der Waals surface area (Å²) in [6.45, 7) is 2.91. The van der Waals surface area contributed by atoms with Crippen molar-refractivity contribution in [1.29, 1.82) is 0 Å². The molecule has 1 aromatic heterocycles. The van der Waals surface area contributed by atoms with Crippen molar-refractivity contribution in [2.75, 3.05) is 25.9 Å². The van der Waals surface area contributed by atoms with Gasteiger partial charge in [-0.15, -0.1) is 11.3 Å². The second kappa shape index (κ2) is 8.33. The van der Waals surface area contributed by atoms with Crippen molar-refractivity contribution in [3.63, 3.8) is 0 Å². The third-order valence-electron chi connectivity index (χ3n) is 4.74. The van der Waals surface area contributed by atoms with Crippen LogP contribution < -0.4 is 10.2 Å². The van der Waals surface area contributed by atoms with Gasteiger partial charge in [-0.25, -0.2) is 8.42 Å². The number of benzene rings is 1. The van der Waals surface area contributed by atoms with Crippen molar-refractivity contribution in [3.8, 4) is 0 Å². The van der Waals surface area contributed by atoms with Crippen LogP contribution in [-0.4, -0.2) is 40.2 Å². The number of likely N-dealkylation sites (tertiary alicyclic amines) is 1. The quantitative estimate of drug-likeness (QED) is 0.748. The lowest BCUT2D eigenvalue weighted by molar-refractivity contribution is -0.918. The SMILES string of the molecule is CS(=O)(=O)Cc1ccc(C(=O)NC[C@@H](c2cccs2)[NH+]2CCCC2)cc1. The third-order valence-corrected chi connectivity index (χ3v) is 6.58. The fourth-order valence-corrected chi connectivity index (χ4v) is 5.15. The van der Waals surface area contributed by atoms with Crippen molar-refractivity contribution in [1.82, 2.24) is 5.32 Å². The van der Waals surface area contributed by atoms with Gasteiger partial charge in [-0.2, -0.15) is 0 Å². The molecule has 0 saturated carbocycles. The van der Waals surface area contributed by atoms with Gasteiger partial charge in [-0.05, 0) is 29.1 Å². The fraction of sp³-hybridized carbons (Fsp3) is 0.421. The van der Waals surface area contributed by atoms with Crippen LogP contribution in [0.1, 0.15) is 39.7 Å². The highest BCUT2D eigenvalue weighted by Gasteiger charge is 2.28. The molecule has 1 atom stereocenters. The van der Waals surface area contributed by atoms with Crippen LogP contribution in [0.25, 0.3) is 0 Å². The van der Waals surface area contributed by atoms with Gasteiger partial charge in [-0.3, -0.25) is 4.79 Å². The number of nitrogens with one attached hydrogen (secondary N) is 2. The Kier molecular flexibility index (Phi) is 6.11. The molecule has 0 spiro atoms. The maximum Gasteiger partial charge on any atom is 0.251 e. The number of hydrogen-bond donors (Lipinski definition) is 2. The van der Waals surface area contributed by atoms with Gasteiger partial charge in [0.2, 0.25) is 0 Å². The van der Waals surface area contributed by atoms with E-state index in [-0.39, 0.29) is 11.7 Å². The van der Waals surface area contributed by atoms with Gasteiger partial charge in [-0.1, -0.05) is 18.2 Å². The number of amides is 1. The Bertz CT molecular complexity index is 824. The summed E-state index contributed by atoms with van der Waals surface area (Å²) >= 11 is 1.74. The fourth-order valence-electron chi connectivity index (χ4n) is 3.47. The Labute approximate surface area is 159 Å². The standard InChI is InChI=1S/C19H24N2O3S2/c1-26(23,24)14-15-6-8-16(9-7-15)19(22)20-13-17(18-5-4-12-25-18)21-10-2-3-11-21/h4-9,12,17H,2-3,10-11,13-14H2,1H3,(H,20,22)/p+1/t17-/m0/s1. The molecule has 1 aliphatic heterocycles. The predicted molar refractivity (Wildman–Crippen MR) is 104 cm³/mol. The van der Waals surface area contributed by atoms with Crippen molar-refractivity contribution in [3.05, 3.63) is 57.8 Å². The van der Waals surface area contributed by atoms with Crippen LogP contribution in [0.2, 0.25) is 0 Å². The van der Waals surface area contributed by atoms with E-state index in [4.69, 9.17) is 0 Å². The van der Waals surface area contributed by atoms with Gasteiger partial charge >= 0.3 is 0 Å². The van der Waals surface area contributed by atoms with Gasteiger partial charge in [0.05, 0.1) is 30.3 Å². The molecule has 0 aliphatic carbocycles. The maximum atomic E-state index is 12.5. The Morgan fingerprint density at radius 2 is 1.88 bits per heavy atom. The third kappa shape index (κ3) is 5.16. The Balaban J connectivity index is 1.63. The van der Waals surface area contributed by atoms with Gasteiger partial charge < -0.3 is 10.2 Å². The van der Waals surface area contributed by atoms with Crippen molar-refractivity contribution < 1.29 is 18.1 Å². The summed E-state index contributed by atoms with van der Waals surface area (Å²) < 4.78 is 22.7. The van der Waals surface area contributed by atoms with Crippen LogP contribution in [0.4, 0.5) is 0 Å². The van der Waals surface area contributed by atoms with E-state index < -0.39 is 9.84 Å². The van der Waals surface area contributed by atoms with E-state index in [9.17, 15) is 13.2 Å². The first-order chi connectivity index (χ1) is 12.4. The summed E-state index contributed by atoms with van der Waals surface area (Å²) in [4.78, 5) is 15.3. The van der Waals surface area contributed by atoms with Gasteiger partial charge in [0.25, 0.3) is 5.91 Å². The van der Waals surface area contributed by atoms with Crippen LogP contribution >= 0.6 is 11.3 Å². The van der Waals surface area contributed by atoms with E-state index in [0.717, 1.165) is 13.1 Å². The zero-order chi connectivity index (χ0) is 18.6. The monoisotopic (exact) mass is 393 g/mol. The predicted octanol–water partition coefficient (Wildman–Crippen LogP) is 1.44. The van der Waals surface area contributed by atoms with E-state index in [2.05, 4.69) is 22.8 Å². The molecule has 2 aromatic rings. The summed E-state index contributed by atoms with van der Waals surface area (Å²) in [5, 5.41) is 5.14. The van der Waals surface area contributed by atoms with Crippen molar-refractivity contribution in [2.24, 2.45) is 0 Å². The highest BCUT2D eigenvalue weighted by atomic mass is 32.2. The lowest BCUT2D eigenvalue weighted by atomic mass is 10.1. The summed E-state index contributed by atoms with van der Waals surface area (Å²) in [6.07, 6.45) is 3.69. The minimum atomic E-state index is -3.07. The molecule has 0 radical (unpaired) electrons. The molecule has 1 saturated heterocycles. The zero-order valence-corrected chi connectivity index (χ0v) is 16.5. The molecular formula is C19H25N2O3S2+. The highest BCUT2D eigenvalue weighted by molar-refractivity contribution is 7.89. The molecule has 2 heterocycles. The Hall–Kier alpha value is -1.70. The van der Waals surface area contributed by atoms with E-state index in [1.165, 1.54) is 28.9 Å². The summed E-state index contributed by atoms with van der Waals surface area (Å²) in [5.41, 5.74) is 1.26. The smallest absolute Gasteiger partial charge is 0.251 e. The number of hydrogen-bond acceptors (Lipinski definition) is 4. The Morgan fingerprint density at radius 3 is 2.46 bits per heavy atom. The first-order valence-corrected chi connectivity index (χ1v) is 11.8. The molecule has 140 valence electrons. The topological polar surface area (TPSA) is 67.7 Å². The van der Waals surface area contributed by atoms with Crippen LogP contribution in [0.5, 0.6) is 0 Å².